The average molecular weight is 313 g/mol. The largest absolute Gasteiger partial charge is 0.332 e. The predicted molar refractivity (Wildman–Crippen MR) is 93.7 cm³/mol. The number of aryl methyl sites for hydroxylation is 2. The summed E-state index contributed by atoms with van der Waals surface area (Å²) in [6, 6.07) is 13.8. The van der Waals surface area contributed by atoms with Crippen molar-refractivity contribution >= 4 is 40.5 Å². The van der Waals surface area contributed by atoms with Crippen molar-refractivity contribution in [3.63, 3.8) is 0 Å². The zero-order chi connectivity index (χ0) is 15.2. The van der Waals surface area contributed by atoms with Gasteiger partial charge in [0.1, 0.15) is 5.40 Å². The SMILES string of the molecule is Cc1cc(C)cc(NC(=S)Nc2ccc(SC#N)cc2)c1. The molecule has 0 aliphatic rings. The maximum absolute atomic E-state index is 8.61. The fourth-order valence-electron chi connectivity index (χ4n) is 2.00. The normalized spacial score (nSPS) is 9.76. The van der Waals surface area contributed by atoms with E-state index >= 15 is 0 Å². The lowest BCUT2D eigenvalue weighted by Gasteiger charge is -2.12. The minimum atomic E-state index is 0.542. The zero-order valence-corrected chi connectivity index (χ0v) is 13.4. The first-order valence-corrected chi connectivity index (χ1v) is 7.61. The summed E-state index contributed by atoms with van der Waals surface area (Å²) in [5.74, 6) is 0. The van der Waals surface area contributed by atoms with Crippen molar-refractivity contribution < 1.29 is 0 Å². The number of hydrogen-bond acceptors (Lipinski definition) is 3. The highest BCUT2D eigenvalue weighted by atomic mass is 32.2. The Hall–Kier alpha value is -2.03. The van der Waals surface area contributed by atoms with Crippen LogP contribution in [0.15, 0.2) is 47.4 Å². The number of nitrogens with zero attached hydrogens (tertiary/aromatic N) is 1. The van der Waals surface area contributed by atoms with Gasteiger partial charge in [0.05, 0.1) is 0 Å². The van der Waals surface area contributed by atoms with Crippen LogP contribution in [0.3, 0.4) is 0 Å². The highest BCUT2D eigenvalue weighted by Gasteiger charge is 2.01. The van der Waals surface area contributed by atoms with Crippen LogP contribution < -0.4 is 10.6 Å². The number of benzene rings is 2. The van der Waals surface area contributed by atoms with Gasteiger partial charge in [-0.05, 0) is 85.4 Å². The molecule has 2 aromatic carbocycles. The Labute approximate surface area is 134 Å². The van der Waals surface area contributed by atoms with Gasteiger partial charge in [0, 0.05) is 16.3 Å². The Balaban J connectivity index is 1.99. The molecule has 5 heteroatoms. The van der Waals surface area contributed by atoms with Gasteiger partial charge in [-0.1, -0.05) is 6.07 Å². The van der Waals surface area contributed by atoms with Gasteiger partial charge in [-0.15, -0.1) is 0 Å². The summed E-state index contributed by atoms with van der Waals surface area (Å²) in [6.45, 7) is 4.11. The molecule has 106 valence electrons. The summed E-state index contributed by atoms with van der Waals surface area (Å²) in [6.07, 6.45) is 0. The van der Waals surface area contributed by atoms with Crippen LogP contribution in [0.4, 0.5) is 11.4 Å². The van der Waals surface area contributed by atoms with E-state index in [-0.39, 0.29) is 0 Å². The lowest BCUT2D eigenvalue weighted by Crippen LogP contribution is -2.19. The van der Waals surface area contributed by atoms with Crippen LogP contribution in [-0.4, -0.2) is 5.11 Å². The summed E-state index contributed by atoms with van der Waals surface area (Å²) in [5, 5.41) is 17.5. The molecule has 0 aromatic heterocycles. The Morgan fingerprint density at radius 1 is 1.00 bits per heavy atom. The van der Waals surface area contributed by atoms with E-state index in [0.717, 1.165) is 28.0 Å². The molecule has 0 heterocycles. The number of thiocarbonyl (C=S) groups is 1. The fraction of sp³-hybridized carbons (Fsp3) is 0.125. The van der Waals surface area contributed by atoms with Gasteiger partial charge < -0.3 is 10.6 Å². The molecule has 0 fully saturated rings. The van der Waals surface area contributed by atoms with Gasteiger partial charge in [0.2, 0.25) is 0 Å². The number of nitrogens with one attached hydrogen (secondary N) is 2. The van der Waals surface area contributed by atoms with Gasteiger partial charge in [0.15, 0.2) is 5.11 Å². The summed E-state index contributed by atoms with van der Waals surface area (Å²) >= 11 is 6.45. The van der Waals surface area contributed by atoms with Gasteiger partial charge in [-0.25, -0.2) is 0 Å². The fourth-order valence-corrected chi connectivity index (χ4v) is 2.61. The zero-order valence-electron chi connectivity index (χ0n) is 11.8. The van der Waals surface area contributed by atoms with Crippen molar-refractivity contribution in [2.45, 2.75) is 18.7 Å². The topological polar surface area (TPSA) is 47.8 Å². The summed E-state index contributed by atoms with van der Waals surface area (Å²) in [5.41, 5.74) is 4.25. The first-order chi connectivity index (χ1) is 10.1. The molecule has 21 heavy (non-hydrogen) atoms. The molecule has 0 bridgehead atoms. The quantitative estimate of drug-likeness (QED) is 0.489. The van der Waals surface area contributed by atoms with E-state index in [4.69, 9.17) is 17.5 Å². The Morgan fingerprint density at radius 3 is 2.14 bits per heavy atom. The van der Waals surface area contributed by atoms with Crippen molar-refractivity contribution in [1.29, 1.82) is 5.26 Å². The molecular weight excluding hydrogens is 298 g/mol. The standard InChI is InChI=1S/C16H15N3S2/c1-11-7-12(2)9-14(8-11)19-16(20)18-13-3-5-15(6-4-13)21-10-17/h3-9H,1-2H3,(H2,18,19,20). The van der Waals surface area contributed by atoms with Crippen LogP contribution in [0, 0.1) is 24.5 Å². The Kier molecular flexibility index (Phi) is 5.20. The Morgan fingerprint density at radius 2 is 1.57 bits per heavy atom. The molecular formula is C16H15N3S2. The van der Waals surface area contributed by atoms with E-state index in [0.29, 0.717) is 5.11 Å². The highest BCUT2D eigenvalue weighted by molar-refractivity contribution is 8.03. The van der Waals surface area contributed by atoms with Crippen molar-refractivity contribution in [3.05, 3.63) is 53.6 Å². The number of rotatable bonds is 3. The molecule has 0 spiro atoms. The number of thiocyanates is 1. The van der Waals surface area contributed by atoms with Crippen molar-refractivity contribution in [3.8, 4) is 5.40 Å². The van der Waals surface area contributed by atoms with Gasteiger partial charge in [-0.3, -0.25) is 0 Å². The van der Waals surface area contributed by atoms with Gasteiger partial charge in [0.25, 0.3) is 0 Å². The highest BCUT2D eigenvalue weighted by Crippen LogP contribution is 2.19. The molecule has 2 rings (SSSR count). The minimum Gasteiger partial charge on any atom is -0.332 e. The second-order valence-corrected chi connectivity index (χ2v) is 5.94. The number of anilines is 2. The molecule has 2 N–H and O–H groups in total. The van der Waals surface area contributed by atoms with Crippen LogP contribution >= 0.6 is 24.0 Å². The van der Waals surface area contributed by atoms with E-state index in [1.165, 1.54) is 11.1 Å². The van der Waals surface area contributed by atoms with Crippen LogP contribution in [-0.2, 0) is 0 Å². The number of hydrogen-bond donors (Lipinski definition) is 2. The maximum Gasteiger partial charge on any atom is 0.175 e. The monoisotopic (exact) mass is 313 g/mol. The summed E-state index contributed by atoms with van der Waals surface area (Å²) in [4.78, 5) is 0.913. The molecule has 0 saturated carbocycles. The number of nitriles is 1. The van der Waals surface area contributed by atoms with Gasteiger partial charge in [-0.2, -0.15) is 5.26 Å². The average Bonchev–Trinajstić information content (AvgIpc) is 2.40. The molecule has 0 atom stereocenters. The lowest BCUT2D eigenvalue weighted by molar-refractivity contribution is 1.38. The van der Waals surface area contributed by atoms with Crippen LogP contribution in [0.5, 0.6) is 0 Å². The van der Waals surface area contributed by atoms with E-state index in [2.05, 4.69) is 30.5 Å². The van der Waals surface area contributed by atoms with Crippen LogP contribution in [0.2, 0.25) is 0 Å². The third kappa shape index (κ3) is 4.78. The second kappa shape index (κ2) is 7.11. The smallest absolute Gasteiger partial charge is 0.175 e. The van der Waals surface area contributed by atoms with Crippen LogP contribution in [0.25, 0.3) is 0 Å². The molecule has 0 unspecified atom stereocenters. The molecule has 3 nitrogen and oxygen atoms in total. The molecule has 0 amide bonds. The lowest BCUT2D eigenvalue weighted by atomic mass is 10.1. The molecule has 0 aliphatic carbocycles. The van der Waals surface area contributed by atoms with Crippen LogP contribution in [0.1, 0.15) is 11.1 Å². The van der Waals surface area contributed by atoms with E-state index in [9.17, 15) is 0 Å². The number of thioether (sulfide) groups is 1. The minimum absolute atomic E-state index is 0.542. The third-order valence-electron chi connectivity index (χ3n) is 2.76. The summed E-state index contributed by atoms with van der Waals surface area (Å²) in [7, 11) is 0. The second-order valence-electron chi connectivity index (χ2n) is 4.67. The van der Waals surface area contributed by atoms with E-state index in [1.807, 2.05) is 41.8 Å². The predicted octanol–water partition coefficient (Wildman–Crippen LogP) is 4.69. The van der Waals surface area contributed by atoms with Crippen molar-refractivity contribution in [2.75, 3.05) is 10.6 Å². The Bertz CT molecular complexity index is 667. The van der Waals surface area contributed by atoms with Crippen molar-refractivity contribution in [2.24, 2.45) is 0 Å². The molecule has 0 saturated heterocycles. The first kappa shape index (κ1) is 15.4. The van der Waals surface area contributed by atoms with Gasteiger partial charge >= 0.3 is 0 Å². The van der Waals surface area contributed by atoms with E-state index in [1.54, 1.807) is 0 Å². The molecule has 2 aromatic rings. The molecule has 0 radical (unpaired) electrons. The van der Waals surface area contributed by atoms with E-state index < -0.39 is 0 Å². The third-order valence-corrected chi connectivity index (χ3v) is 3.56. The van der Waals surface area contributed by atoms with Crippen molar-refractivity contribution in [1.82, 2.24) is 0 Å². The summed E-state index contributed by atoms with van der Waals surface area (Å²) < 4.78 is 0. The first-order valence-electron chi connectivity index (χ1n) is 6.39. The maximum atomic E-state index is 8.61. The molecule has 0 aliphatic heterocycles.